The third-order valence-electron chi connectivity index (χ3n) is 3.06. The van der Waals surface area contributed by atoms with Crippen molar-refractivity contribution in [1.29, 1.82) is 0 Å². The monoisotopic (exact) mass is 302 g/mol. The zero-order chi connectivity index (χ0) is 15.9. The van der Waals surface area contributed by atoms with E-state index in [2.05, 4.69) is 21.8 Å². The van der Waals surface area contributed by atoms with Gasteiger partial charge in [-0.15, -0.1) is 5.92 Å². The van der Waals surface area contributed by atoms with Gasteiger partial charge in [0.05, 0.1) is 0 Å². The first-order valence-corrected chi connectivity index (χ1v) is 7.31. The molecule has 2 aromatic rings. The molecule has 0 saturated carbocycles. The Balaban J connectivity index is 2.42. The van der Waals surface area contributed by atoms with Crippen molar-refractivity contribution in [3.05, 3.63) is 32.4 Å². The molecule has 0 unspecified atom stereocenters. The van der Waals surface area contributed by atoms with Crippen LogP contribution in [-0.2, 0) is 6.42 Å². The molecule has 0 fully saturated rings. The molecule has 0 amide bonds. The molecule has 0 aromatic carbocycles. The number of aromatic amines is 1. The fourth-order valence-corrected chi connectivity index (χ4v) is 2.04. The number of nitrogens with one attached hydrogen (secondary N) is 1. The Labute approximate surface area is 127 Å². The van der Waals surface area contributed by atoms with Gasteiger partial charge in [0, 0.05) is 12.5 Å². The van der Waals surface area contributed by atoms with E-state index in [9.17, 15) is 9.59 Å². The topological polar surface area (TPSA) is 85.2 Å². The molecule has 0 aliphatic heterocycles. The van der Waals surface area contributed by atoms with E-state index in [-0.39, 0.29) is 23.9 Å². The Kier molecular flexibility index (Phi) is 5.37. The van der Waals surface area contributed by atoms with Crippen LogP contribution >= 0.6 is 0 Å². The van der Waals surface area contributed by atoms with Crippen LogP contribution in [0.3, 0.4) is 0 Å². The highest BCUT2D eigenvalue weighted by Crippen LogP contribution is 2.15. The molecule has 0 bridgehead atoms. The van der Waals surface area contributed by atoms with Crippen molar-refractivity contribution in [2.75, 3.05) is 6.61 Å². The smallest absolute Gasteiger partial charge is 0.337 e. The van der Waals surface area contributed by atoms with Crippen molar-refractivity contribution in [1.82, 2.24) is 9.97 Å². The van der Waals surface area contributed by atoms with Gasteiger partial charge >= 0.3 is 11.6 Å². The van der Waals surface area contributed by atoms with Crippen molar-refractivity contribution >= 4 is 11.1 Å². The lowest BCUT2D eigenvalue weighted by Gasteiger charge is -2.05. The largest absolute Gasteiger partial charge is 0.451 e. The Bertz CT molecular complexity index is 824. The molecule has 0 saturated heterocycles. The highest BCUT2D eigenvalue weighted by molar-refractivity contribution is 5.75. The van der Waals surface area contributed by atoms with E-state index in [1.54, 1.807) is 0 Å². The number of hydrogen-bond donors (Lipinski definition) is 1. The number of unbranched alkanes of at least 4 members (excludes halogenated alkanes) is 1. The van der Waals surface area contributed by atoms with Crippen molar-refractivity contribution < 1.29 is 9.15 Å². The summed E-state index contributed by atoms with van der Waals surface area (Å²) in [6.45, 7) is 4.08. The number of hydrogen-bond acceptors (Lipinski definition) is 5. The summed E-state index contributed by atoms with van der Waals surface area (Å²) in [5.41, 5.74) is -0.244. The number of fused-ring (bicyclic) bond motifs is 1. The van der Waals surface area contributed by atoms with Gasteiger partial charge in [0.1, 0.15) is 5.39 Å². The summed E-state index contributed by atoms with van der Waals surface area (Å²) in [4.78, 5) is 30.4. The fourth-order valence-electron chi connectivity index (χ4n) is 2.04. The van der Waals surface area contributed by atoms with E-state index >= 15 is 0 Å². The summed E-state index contributed by atoms with van der Waals surface area (Å²) in [7, 11) is 0. The highest BCUT2D eigenvalue weighted by atomic mass is 16.5. The molecule has 2 aromatic heterocycles. The van der Waals surface area contributed by atoms with Crippen molar-refractivity contribution in [3.8, 4) is 17.9 Å². The molecule has 1 N–H and O–H groups in total. The van der Waals surface area contributed by atoms with Crippen molar-refractivity contribution in [3.63, 3.8) is 0 Å². The normalized spacial score (nSPS) is 10.3. The van der Waals surface area contributed by atoms with Gasteiger partial charge in [-0.1, -0.05) is 26.2 Å². The Morgan fingerprint density at radius 3 is 2.86 bits per heavy atom. The Hall–Kier alpha value is -2.55. The van der Waals surface area contributed by atoms with Crippen LogP contribution < -0.4 is 15.9 Å². The zero-order valence-corrected chi connectivity index (χ0v) is 12.7. The zero-order valence-electron chi connectivity index (χ0n) is 12.7. The van der Waals surface area contributed by atoms with E-state index < -0.39 is 5.63 Å². The van der Waals surface area contributed by atoms with Crippen molar-refractivity contribution in [2.45, 2.75) is 39.5 Å². The third kappa shape index (κ3) is 3.76. The van der Waals surface area contributed by atoms with Crippen LogP contribution in [-0.4, -0.2) is 16.6 Å². The maximum atomic E-state index is 12.2. The number of rotatable bonds is 5. The quantitative estimate of drug-likeness (QED) is 0.854. The summed E-state index contributed by atoms with van der Waals surface area (Å²) in [5.74, 6) is 5.62. The van der Waals surface area contributed by atoms with Crippen LogP contribution in [0.5, 0.6) is 6.01 Å². The predicted octanol–water partition coefficient (Wildman–Crippen LogP) is 2.01. The minimum absolute atomic E-state index is 0.000744. The molecule has 0 aliphatic carbocycles. The second kappa shape index (κ2) is 7.46. The second-order valence-electron chi connectivity index (χ2n) is 4.74. The second-order valence-corrected chi connectivity index (χ2v) is 4.74. The minimum Gasteiger partial charge on any atom is -0.451 e. The highest BCUT2D eigenvalue weighted by Gasteiger charge is 2.12. The van der Waals surface area contributed by atoms with Gasteiger partial charge in [-0.25, -0.2) is 4.79 Å². The Morgan fingerprint density at radius 1 is 1.32 bits per heavy atom. The molecule has 0 aliphatic rings. The average Bonchev–Trinajstić information content (AvgIpc) is 2.48. The van der Waals surface area contributed by atoms with Gasteiger partial charge in [-0.05, 0) is 18.4 Å². The standard InChI is InChI=1S/C16H18N2O4/c1-3-5-7-9-21-16-17-14(20)13-11(8-6-4-2)10-12(19)22-15(13)18-16/h10H,3-4,6,8-9H2,1-2H3,(H,17,18,20). The molecule has 2 heterocycles. The lowest BCUT2D eigenvalue weighted by molar-refractivity contribution is 0.337. The maximum absolute atomic E-state index is 12.2. The maximum Gasteiger partial charge on any atom is 0.337 e. The number of ether oxygens (including phenoxy) is 1. The van der Waals surface area contributed by atoms with Crippen LogP contribution in [0.2, 0.25) is 0 Å². The summed E-state index contributed by atoms with van der Waals surface area (Å²) < 4.78 is 10.3. The molecular formula is C16H18N2O4. The Morgan fingerprint density at radius 2 is 2.14 bits per heavy atom. The molecule has 0 radical (unpaired) electrons. The molecular weight excluding hydrogens is 284 g/mol. The molecule has 22 heavy (non-hydrogen) atoms. The number of aryl methyl sites for hydroxylation is 1. The van der Waals surface area contributed by atoms with Crippen LogP contribution in [0.4, 0.5) is 0 Å². The van der Waals surface area contributed by atoms with Crippen LogP contribution in [0.15, 0.2) is 20.1 Å². The molecule has 0 spiro atoms. The SMILES string of the molecule is CCC#CCOc1nc2oc(=O)cc(CCCC)c2c(=O)[nH]1. The molecule has 0 atom stereocenters. The molecule has 116 valence electrons. The predicted molar refractivity (Wildman–Crippen MR) is 83.1 cm³/mol. The molecule has 6 nitrogen and oxygen atoms in total. The van der Waals surface area contributed by atoms with Gasteiger partial charge in [0.15, 0.2) is 6.61 Å². The van der Waals surface area contributed by atoms with E-state index in [1.807, 2.05) is 13.8 Å². The third-order valence-corrected chi connectivity index (χ3v) is 3.06. The lowest BCUT2D eigenvalue weighted by atomic mass is 10.1. The lowest BCUT2D eigenvalue weighted by Crippen LogP contribution is -2.15. The van der Waals surface area contributed by atoms with Gasteiger partial charge in [0.2, 0.25) is 5.71 Å². The minimum atomic E-state index is -0.520. The summed E-state index contributed by atoms with van der Waals surface area (Å²) in [5, 5.41) is 0.306. The number of nitrogens with zero attached hydrogens (tertiary/aromatic N) is 1. The fraction of sp³-hybridized carbons (Fsp3) is 0.438. The summed E-state index contributed by atoms with van der Waals surface area (Å²) in [6.07, 6.45) is 3.19. The first-order valence-electron chi connectivity index (χ1n) is 7.31. The molecule has 6 heteroatoms. The van der Waals surface area contributed by atoms with Gasteiger partial charge in [-0.3, -0.25) is 9.78 Å². The first-order chi connectivity index (χ1) is 10.7. The van der Waals surface area contributed by atoms with E-state index in [0.717, 1.165) is 19.3 Å². The van der Waals surface area contributed by atoms with Crippen LogP contribution in [0.25, 0.3) is 11.1 Å². The molecule has 2 rings (SSSR count). The first kappa shape index (κ1) is 15.8. The summed E-state index contributed by atoms with van der Waals surface area (Å²) >= 11 is 0. The van der Waals surface area contributed by atoms with E-state index in [1.165, 1.54) is 6.07 Å². The van der Waals surface area contributed by atoms with Gasteiger partial charge in [-0.2, -0.15) is 4.98 Å². The van der Waals surface area contributed by atoms with Crippen molar-refractivity contribution in [2.24, 2.45) is 0 Å². The van der Waals surface area contributed by atoms with Gasteiger partial charge in [0.25, 0.3) is 5.56 Å². The van der Waals surface area contributed by atoms with Crippen LogP contribution in [0, 0.1) is 11.8 Å². The van der Waals surface area contributed by atoms with Gasteiger partial charge < -0.3 is 9.15 Å². The number of H-pyrrole nitrogens is 1. The average molecular weight is 302 g/mol. The summed E-state index contributed by atoms with van der Waals surface area (Å²) in [6, 6.07) is 1.35. The number of aromatic nitrogens is 2. The van der Waals surface area contributed by atoms with Crippen LogP contribution in [0.1, 0.15) is 38.7 Å². The van der Waals surface area contributed by atoms with E-state index in [4.69, 9.17) is 9.15 Å². The van der Waals surface area contributed by atoms with E-state index in [0.29, 0.717) is 17.4 Å².